The Morgan fingerprint density at radius 1 is 1.00 bits per heavy atom. The number of piperidine rings is 1. The molecule has 2 unspecified atom stereocenters. The van der Waals surface area contributed by atoms with Crippen LogP contribution in [0.4, 0.5) is 11.4 Å². The standard InChI is InChI=1S/C22H33N3O2/c1-15(2)16-7-9-18(10-8-16)24-19-11-12-20(24)14-17(13-19)23-21-5-3-4-6-22(21)25(26)27/h3-6,15-20,23H,7-14H2,1-2H3. The molecule has 0 radical (unpaired) electrons. The zero-order valence-electron chi connectivity index (χ0n) is 16.6. The summed E-state index contributed by atoms with van der Waals surface area (Å²) in [6.07, 6.45) is 10.3. The van der Waals surface area contributed by atoms with Crippen LogP contribution in [0.5, 0.6) is 0 Å². The van der Waals surface area contributed by atoms with Crippen LogP contribution in [0.15, 0.2) is 24.3 Å². The molecule has 5 heteroatoms. The van der Waals surface area contributed by atoms with Crippen molar-refractivity contribution in [3.8, 4) is 0 Å². The van der Waals surface area contributed by atoms with E-state index in [0.29, 0.717) is 23.8 Å². The molecular formula is C22H33N3O2. The summed E-state index contributed by atoms with van der Waals surface area (Å²) in [6, 6.07) is 9.50. The van der Waals surface area contributed by atoms with Crippen molar-refractivity contribution in [1.82, 2.24) is 4.90 Å². The van der Waals surface area contributed by atoms with Gasteiger partial charge in [-0.25, -0.2) is 0 Å². The number of rotatable bonds is 5. The van der Waals surface area contributed by atoms with E-state index in [1.165, 1.54) is 38.5 Å². The fraction of sp³-hybridized carbons (Fsp3) is 0.727. The van der Waals surface area contributed by atoms with Gasteiger partial charge in [0.25, 0.3) is 5.69 Å². The van der Waals surface area contributed by atoms with Gasteiger partial charge < -0.3 is 5.32 Å². The van der Waals surface area contributed by atoms with Crippen molar-refractivity contribution in [2.24, 2.45) is 11.8 Å². The molecule has 0 aromatic heterocycles. The Labute approximate surface area is 162 Å². The molecule has 2 aliphatic heterocycles. The van der Waals surface area contributed by atoms with Crippen LogP contribution in [-0.4, -0.2) is 34.0 Å². The number of nitrogens with zero attached hydrogens (tertiary/aromatic N) is 2. The molecule has 1 aliphatic carbocycles. The molecule has 1 saturated carbocycles. The highest BCUT2D eigenvalue weighted by Gasteiger charge is 2.44. The molecule has 3 fully saturated rings. The van der Waals surface area contributed by atoms with E-state index in [2.05, 4.69) is 24.1 Å². The first kappa shape index (κ1) is 18.7. The predicted octanol–water partition coefficient (Wildman–Crippen LogP) is 5.22. The van der Waals surface area contributed by atoms with Crippen LogP contribution in [0.2, 0.25) is 0 Å². The van der Waals surface area contributed by atoms with E-state index in [4.69, 9.17) is 0 Å². The molecule has 1 N–H and O–H groups in total. The van der Waals surface area contributed by atoms with Gasteiger partial charge in [0.15, 0.2) is 0 Å². The van der Waals surface area contributed by atoms with Gasteiger partial charge in [-0.05, 0) is 69.3 Å². The monoisotopic (exact) mass is 371 g/mol. The average Bonchev–Trinajstić information content (AvgIpc) is 2.92. The summed E-state index contributed by atoms with van der Waals surface area (Å²) in [5, 5.41) is 14.8. The van der Waals surface area contributed by atoms with Crippen LogP contribution in [0, 0.1) is 22.0 Å². The van der Waals surface area contributed by atoms with E-state index in [-0.39, 0.29) is 10.6 Å². The summed E-state index contributed by atoms with van der Waals surface area (Å²) in [7, 11) is 0. The Bertz CT molecular complexity index is 655. The highest BCUT2D eigenvalue weighted by Crippen LogP contribution is 2.43. The first-order valence-electron chi connectivity index (χ1n) is 10.8. The minimum atomic E-state index is -0.279. The first-order valence-corrected chi connectivity index (χ1v) is 10.8. The second-order valence-electron chi connectivity index (χ2n) is 9.23. The lowest BCUT2D eigenvalue weighted by Gasteiger charge is -2.46. The van der Waals surface area contributed by atoms with E-state index in [1.807, 2.05) is 12.1 Å². The number of fused-ring (bicyclic) bond motifs is 2. The second-order valence-corrected chi connectivity index (χ2v) is 9.23. The summed E-state index contributed by atoms with van der Waals surface area (Å²) in [5.74, 6) is 1.73. The minimum Gasteiger partial charge on any atom is -0.377 e. The Hall–Kier alpha value is -1.62. The number of nitro groups is 1. The molecule has 0 amide bonds. The van der Waals surface area contributed by atoms with Crippen LogP contribution in [0.1, 0.15) is 65.2 Å². The quantitative estimate of drug-likeness (QED) is 0.570. The zero-order chi connectivity index (χ0) is 19.0. The van der Waals surface area contributed by atoms with Crippen molar-refractivity contribution in [3.63, 3.8) is 0 Å². The lowest BCUT2D eigenvalue weighted by atomic mass is 9.78. The summed E-state index contributed by atoms with van der Waals surface area (Å²) < 4.78 is 0. The number of anilines is 1. The molecule has 1 aromatic carbocycles. The Morgan fingerprint density at radius 3 is 2.19 bits per heavy atom. The molecule has 3 aliphatic rings. The second kappa shape index (κ2) is 7.78. The first-order chi connectivity index (χ1) is 13.0. The number of hydrogen-bond donors (Lipinski definition) is 1. The van der Waals surface area contributed by atoms with Gasteiger partial charge in [0, 0.05) is 30.2 Å². The van der Waals surface area contributed by atoms with Crippen LogP contribution in [0.3, 0.4) is 0 Å². The molecule has 1 aromatic rings. The van der Waals surface area contributed by atoms with Crippen molar-refractivity contribution >= 4 is 11.4 Å². The normalized spacial score (nSPS) is 34.0. The minimum absolute atomic E-state index is 0.194. The zero-order valence-corrected chi connectivity index (χ0v) is 16.6. The van der Waals surface area contributed by atoms with Crippen molar-refractivity contribution in [1.29, 1.82) is 0 Å². The van der Waals surface area contributed by atoms with Crippen molar-refractivity contribution in [3.05, 3.63) is 34.4 Å². The Balaban J connectivity index is 1.39. The summed E-state index contributed by atoms with van der Waals surface area (Å²) in [6.45, 7) is 4.74. The van der Waals surface area contributed by atoms with Gasteiger partial charge in [-0.15, -0.1) is 0 Å². The number of para-hydroxylation sites is 2. The van der Waals surface area contributed by atoms with Crippen LogP contribution in [-0.2, 0) is 0 Å². The van der Waals surface area contributed by atoms with Crippen LogP contribution in [0.25, 0.3) is 0 Å². The van der Waals surface area contributed by atoms with E-state index in [9.17, 15) is 10.1 Å². The lowest BCUT2D eigenvalue weighted by molar-refractivity contribution is -0.384. The Kier molecular flexibility index (Phi) is 5.40. The van der Waals surface area contributed by atoms with Gasteiger partial charge in [-0.1, -0.05) is 26.0 Å². The number of hydrogen-bond acceptors (Lipinski definition) is 4. The molecular weight excluding hydrogens is 338 g/mol. The smallest absolute Gasteiger partial charge is 0.292 e. The van der Waals surface area contributed by atoms with Gasteiger partial charge in [0.1, 0.15) is 5.69 Å². The summed E-state index contributed by atoms with van der Waals surface area (Å²) in [4.78, 5) is 13.9. The largest absolute Gasteiger partial charge is 0.377 e. The van der Waals surface area contributed by atoms with Gasteiger partial charge in [-0.3, -0.25) is 15.0 Å². The number of nitro benzene ring substituents is 1. The Morgan fingerprint density at radius 2 is 1.59 bits per heavy atom. The van der Waals surface area contributed by atoms with Crippen LogP contribution >= 0.6 is 0 Å². The molecule has 2 bridgehead atoms. The molecule has 2 saturated heterocycles. The molecule has 0 spiro atoms. The molecule has 2 heterocycles. The molecule has 2 atom stereocenters. The maximum absolute atomic E-state index is 11.3. The van der Waals surface area contributed by atoms with Gasteiger partial charge in [0.2, 0.25) is 0 Å². The highest BCUT2D eigenvalue weighted by molar-refractivity contribution is 5.61. The third kappa shape index (κ3) is 3.84. The third-order valence-electron chi connectivity index (χ3n) is 7.36. The van der Waals surface area contributed by atoms with Crippen molar-refractivity contribution in [2.75, 3.05) is 5.32 Å². The van der Waals surface area contributed by atoms with Gasteiger partial charge in [0.05, 0.1) is 4.92 Å². The average molecular weight is 372 g/mol. The van der Waals surface area contributed by atoms with Crippen LogP contribution < -0.4 is 5.32 Å². The molecule has 148 valence electrons. The highest BCUT2D eigenvalue weighted by atomic mass is 16.6. The SMILES string of the molecule is CC(C)C1CCC(N2C3CCC2CC(Nc2ccccc2[N+](=O)[O-])C3)CC1. The predicted molar refractivity (Wildman–Crippen MR) is 109 cm³/mol. The van der Waals surface area contributed by atoms with E-state index in [0.717, 1.165) is 30.7 Å². The number of benzene rings is 1. The van der Waals surface area contributed by atoms with Crippen molar-refractivity contribution < 1.29 is 4.92 Å². The maximum atomic E-state index is 11.3. The van der Waals surface area contributed by atoms with Crippen molar-refractivity contribution in [2.45, 2.75) is 89.4 Å². The summed E-state index contributed by atoms with van der Waals surface area (Å²) in [5.41, 5.74) is 0.872. The number of nitrogens with one attached hydrogen (secondary N) is 1. The fourth-order valence-electron chi connectivity index (χ4n) is 5.97. The molecule has 5 nitrogen and oxygen atoms in total. The molecule has 4 rings (SSSR count). The third-order valence-corrected chi connectivity index (χ3v) is 7.36. The van der Waals surface area contributed by atoms with Gasteiger partial charge >= 0.3 is 0 Å². The maximum Gasteiger partial charge on any atom is 0.292 e. The summed E-state index contributed by atoms with van der Waals surface area (Å²) >= 11 is 0. The lowest BCUT2D eigenvalue weighted by Crippen LogP contribution is -2.52. The molecule has 27 heavy (non-hydrogen) atoms. The van der Waals surface area contributed by atoms with E-state index < -0.39 is 0 Å². The van der Waals surface area contributed by atoms with Gasteiger partial charge in [-0.2, -0.15) is 0 Å². The van der Waals surface area contributed by atoms with E-state index in [1.54, 1.807) is 12.1 Å². The van der Waals surface area contributed by atoms with E-state index >= 15 is 0 Å². The fourth-order valence-corrected chi connectivity index (χ4v) is 5.97. The topological polar surface area (TPSA) is 58.4 Å².